The van der Waals surface area contributed by atoms with Crippen LogP contribution in [-0.4, -0.2) is 58.6 Å². The van der Waals surface area contributed by atoms with Crippen molar-refractivity contribution in [3.05, 3.63) is 95.3 Å². The van der Waals surface area contributed by atoms with Crippen LogP contribution in [0.4, 0.5) is 5.82 Å². The molecule has 2 aromatic carbocycles. The quantitative estimate of drug-likeness (QED) is 0.157. The van der Waals surface area contributed by atoms with E-state index in [1.807, 2.05) is 35.1 Å². The standard InChI is InChI=1S/C34H40N8O2/c35-30-19-27(32-33(37-30)39-41-38-32)26(28-13-17-42(40-28)16-12-22-6-4-10-25(43)18-22)11-15-36-34-14-5-9-24(20-34)31(29(44)21-34)23-7-2-1-3-8-23/h1-4,6-8,10,13,17-19,24,26,29,31,36,43-44H,5,9,11-12,14-16,20-21H2,(H3,35,37,38,39,41)/t24?,26?,29-,31?,34?/m1/s1. The van der Waals surface area contributed by atoms with Crippen LogP contribution in [0.1, 0.15) is 72.7 Å². The summed E-state index contributed by atoms with van der Waals surface area (Å²) in [4.78, 5) is 4.37. The number of aliphatic hydroxyl groups excluding tert-OH is 1. The fourth-order valence-electron chi connectivity index (χ4n) is 7.88. The van der Waals surface area contributed by atoms with Crippen LogP contribution in [0.3, 0.4) is 0 Å². The second kappa shape index (κ2) is 12.0. The van der Waals surface area contributed by atoms with Gasteiger partial charge in [-0.15, -0.1) is 5.10 Å². The van der Waals surface area contributed by atoms with E-state index in [4.69, 9.17) is 10.8 Å². The third-order valence-corrected chi connectivity index (χ3v) is 9.80. The number of nitrogens with zero attached hydrogens (tertiary/aromatic N) is 5. The number of nitrogens with one attached hydrogen (secondary N) is 2. The molecule has 3 aromatic heterocycles. The van der Waals surface area contributed by atoms with Gasteiger partial charge in [-0.1, -0.05) is 48.9 Å². The van der Waals surface area contributed by atoms with Gasteiger partial charge in [-0.3, -0.25) is 4.68 Å². The molecule has 0 amide bonds. The highest BCUT2D eigenvalue weighted by Gasteiger charge is 2.48. The molecule has 0 saturated heterocycles. The molecule has 10 heteroatoms. The van der Waals surface area contributed by atoms with E-state index >= 15 is 0 Å². The smallest absolute Gasteiger partial charge is 0.203 e. The lowest BCUT2D eigenvalue weighted by atomic mass is 9.60. The fourth-order valence-corrected chi connectivity index (χ4v) is 7.88. The zero-order chi connectivity index (χ0) is 30.1. The number of rotatable bonds is 10. The van der Waals surface area contributed by atoms with Gasteiger partial charge in [-0.05, 0) is 91.9 Å². The molecule has 2 aliphatic carbocycles. The minimum atomic E-state index is -0.364. The molecular weight excluding hydrogens is 552 g/mol. The number of aromatic nitrogens is 6. The Hall–Kier alpha value is -4.28. The lowest BCUT2D eigenvalue weighted by Crippen LogP contribution is -2.56. The van der Waals surface area contributed by atoms with E-state index in [1.54, 1.807) is 12.1 Å². The van der Waals surface area contributed by atoms with Crippen molar-refractivity contribution >= 4 is 17.0 Å². The third kappa shape index (κ3) is 5.79. The number of phenols is 1. The number of H-pyrrole nitrogens is 1. The van der Waals surface area contributed by atoms with Crippen molar-refractivity contribution in [1.29, 1.82) is 0 Å². The Morgan fingerprint density at radius 3 is 2.82 bits per heavy atom. The molecule has 44 heavy (non-hydrogen) atoms. The van der Waals surface area contributed by atoms with E-state index < -0.39 is 0 Å². The first-order chi connectivity index (χ1) is 21.5. The first-order valence-electron chi connectivity index (χ1n) is 15.7. The molecule has 2 aliphatic rings. The highest BCUT2D eigenvalue weighted by molar-refractivity contribution is 5.77. The molecule has 0 aliphatic heterocycles. The van der Waals surface area contributed by atoms with Crippen LogP contribution >= 0.6 is 0 Å². The minimum absolute atomic E-state index is 0.0702. The van der Waals surface area contributed by atoms with Crippen LogP contribution in [0.5, 0.6) is 5.75 Å². The summed E-state index contributed by atoms with van der Waals surface area (Å²) in [6, 6.07) is 21.9. The van der Waals surface area contributed by atoms with Crippen LogP contribution in [0.15, 0.2) is 72.9 Å². The second-order valence-electron chi connectivity index (χ2n) is 12.7. The van der Waals surface area contributed by atoms with Crippen molar-refractivity contribution < 1.29 is 10.2 Å². The molecule has 5 aromatic rings. The number of benzene rings is 2. The zero-order valence-electron chi connectivity index (χ0n) is 24.8. The first-order valence-corrected chi connectivity index (χ1v) is 15.7. The highest BCUT2D eigenvalue weighted by atomic mass is 16.3. The lowest BCUT2D eigenvalue weighted by Gasteiger charge is -2.51. The Labute approximate surface area is 256 Å². The van der Waals surface area contributed by atoms with Crippen molar-refractivity contribution in [2.45, 2.75) is 75.0 Å². The van der Waals surface area contributed by atoms with E-state index in [0.29, 0.717) is 29.4 Å². The van der Waals surface area contributed by atoms with Gasteiger partial charge in [0.25, 0.3) is 0 Å². The number of aromatic amines is 1. The van der Waals surface area contributed by atoms with Crippen molar-refractivity contribution in [3.8, 4) is 5.75 Å². The normalized spacial score (nSPS) is 24.0. The number of fused-ring (bicyclic) bond motifs is 3. The zero-order valence-corrected chi connectivity index (χ0v) is 24.8. The van der Waals surface area contributed by atoms with Crippen molar-refractivity contribution in [2.75, 3.05) is 12.3 Å². The Balaban J connectivity index is 1.10. The number of aliphatic hydroxyl groups is 1. The molecule has 228 valence electrons. The Morgan fingerprint density at radius 2 is 1.95 bits per heavy atom. The maximum absolute atomic E-state index is 11.4. The lowest BCUT2D eigenvalue weighted by molar-refractivity contribution is -0.00816. The van der Waals surface area contributed by atoms with Gasteiger partial charge < -0.3 is 21.3 Å². The van der Waals surface area contributed by atoms with E-state index in [2.05, 4.69) is 56.0 Å². The number of nitrogen functional groups attached to an aromatic ring is 1. The fraction of sp³-hybridized carbons (Fsp3) is 0.412. The summed E-state index contributed by atoms with van der Waals surface area (Å²) in [5, 5.41) is 41.6. The van der Waals surface area contributed by atoms with Crippen LogP contribution in [-0.2, 0) is 13.0 Å². The third-order valence-electron chi connectivity index (χ3n) is 9.80. The molecule has 6 N–H and O–H groups in total. The summed E-state index contributed by atoms with van der Waals surface area (Å²) < 4.78 is 1.95. The summed E-state index contributed by atoms with van der Waals surface area (Å²) in [6.07, 6.45) is 8.41. The average molecular weight is 593 g/mol. The first kappa shape index (κ1) is 28.5. The van der Waals surface area contributed by atoms with Gasteiger partial charge >= 0.3 is 0 Å². The van der Waals surface area contributed by atoms with Crippen LogP contribution in [0, 0.1) is 5.92 Å². The van der Waals surface area contributed by atoms with E-state index in [9.17, 15) is 10.2 Å². The van der Waals surface area contributed by atoms with Gasteiger partial charge in [0.1, 0.15) is 17.1 Å². The Bertz CT molecular complexity index is 1710. The monoisotopic (exact) mass is 592 g/mol. The molecule has 10 nitrogen and oxygen atoms in total. The molecule has 2 bridgehead atoms. The SMILES string of the molecule is Nc1cc(C(CCNC23CCCC(C2)C(c2ccccc2)[C@H](O)C3)c2ccn(CCc3cccc(O)c3)n2)c2n[nH]nc2n1. The number of anilines is 1. The number of phenolic OH excluding ortho intramolecular Hbond substituents is 1. The summed E-state index contributed by atoms with van der Waals surface area (Å²) in [6.45, 7) is 1.45. The molecule has 0 radical (unpaired) electrons. The maximum atomic E-state index is 11.4. The van der Waals surface area contributed by atoms with Gasteiger partial charge in [-0.25, -0.2) is 4.98 Å². The molecule has 4 unspecified atom stereocenters. The second-order valence-corrected chi connectivity index (χ2v) is 12.7. The predicted molar refractivity (Wildman–Crippen MR) is 169 cm³/mol. The Kier molecular flexibility index (Phi) is 7.78. The number of pyridine rings is 1. The topological polar surface area (TPSA) is 151 Å². The molecule has 3 heterocycles. The van der Waals surface area contributed by atoms with E-state index in [0.717, 1.165) is 61.9 Å². The van der Waals surface area contributed by atoms with Crippen molar-refractivity contribution in [2.24, 2.45) is 5.92 Å². The van der Waals surface area contributed by atoms with Crippen LogP contribution in [0.2, 0.25) is 0 Å². The van der Waals surface area contributed by atoms with Gasteiger partial charge in [0.2, 0.25) is 5.65 Å². The average Bonchev–Trinajstić information content (AvgIpc) is 3.68. The number of aromatic hydroxyl groups is 1. The number of nitrogens with two attached hydrogens (primary N) is 1. The summed E-state index contributed by atoms with van der Waals surface area (Å²) in [5.74, 6) is 1.26. The molecule has 7 rings (SSSR count). The van der Waals surface area contributed by atoms with E-state index in [-0.39, 0.29) is 29.2 Å². The number of aryl methyl sites for hydroxylation is 2. The van der Waals surface area contributed by atoms with Crippen molar-refractivity contribution in [1.82, 2.24) is 35.5 Å². The molecule has 0 spiro atoms. The summed E-state index contributed by atoms with van der Waals surface area (Å²) in [5.41, 5.74) is 11.6. The number of hydrogen-bond acceptors (Lipinski definition) is 8. The molecule has 2 fully saturated rings. The Morgan fingerprint density at radius 1 is 1.07 bits per heavy atom. The predicted octanol–water partition coefficient (Wildman–Crippen LogP) is 4.67. The molecule has 5 atom stereocenters. The summed E-state index contributed by atoms with van der Waals surface area (Å²) in [7, 11) is 0. The summed E-state index contributed by atoms with van der Waals surface area (Å²) >= 11 is 0. The van der Waals surface area contributed by atoms with Crippen LogP contribution in [0.25, 0.3) is 11.2 Å². The highest BCUT2D eigenvalue weighted by Crippen LogP contribution is 2.50. The minimum Gasteiger partial charge on any atom is -0.508 e. The van der Waals surface area contributed by atoms with Crippen molar-refractivity contribution in [3.63, 3.8) is 0 Å². The number of hydrogen-bond donors (Lipinski definition) is 5. The van der Waals surface area contributed by atoms with Gasteiger partial charge in [0.15, 0.2) is 0 Å². The van der Waals surface area contributed by atoms with Gasteiger partial charge in [0, 0.05) is 30.1 Å². The van der Waals surface area contributed by atoms with Crippen LogP contribution < -0.4 is 11.1 Å². The largest absolute Gasteiger partial charge is 0.508 e. The van der Waals surface area contributed by atoms with Gasteiger partial charge in [-0.2, -0.15) is 15.4 Å². The van der Waals surface area contributed by atoms with Gasteiger partial charge in [0.05, 0.1) is 11.8 Å². The van der Waals surface area contributed by atoms with E-state index in [1.165, 1.54) is 12.0 Å². The molecule has 2 saturated carbocycles. The molecular formula is C34H40N8O2. The maximum Gasteiger partial charge on any atom is 0.203 e.